The van der Waals surface area contributed by atoms with Crippen LogP contribution < -0.4 is 5.73 Å². The number of nitrogen functional groups attached to an aromatic ring is 1. The number of rotatable bonds is 7. The molecule has 0 aliphatic carbocycles. The fourth-order valence-electron chi connectivity index (χ4n) is 4.44. The summed E-state index contributed by atoms with van der Waals surface area (Å²) in [7, 11) is 0. The minimum absolute atomic E-state index is 0.0329. The van der Waals surface area contributed by atoms with Gasteiger partial charge < -0.3 is 5.73 Å². The summed E-state index contributed by atoms with van der Waals surface area (Å²) >= 11 is 0. The van der Waals surface area contributed by atoms with Crippen molar-refractivity contribution in [2.24, 2.45) is 0 Å². The fraction of sp³-hybridized carbons (Fsp3) is 0.111. The lowest BCUT2D eigenvalue weighted by Crippen LogP contribution is -1.98. The molecular weight excluding hydrogens is 468 g/mol. The molecule has 182 valence electrons. The summed E-state index contributed by atoms with van der Waals surface area (Å²) in [6.07, 6.45) is 11.2. The first-order valence-corrected chi connectivity index (χ1v) is 11.8. The first-order valence-electron chi connectivity index (χ1n) is 11.8. The van der Waals surface area contributed by atoms with Crippen molar-refractivity contribution in [3.63, 3.8) is 0 Å². The van der Waals surface area contributed by atoms with Crippen LogP contribution in [-0.4, -0.2) is 33.7 Å². The van der Waals surface area contributed by atoms with Crippen molar-refractivity contribution in [3.8, 4) is 22.5 Å². The third kappa shape index (κ3) is 4.36. The van der Waals surface area contributed by atoms with Crippen molar-refractivity contribution in [1.29, 1.82) is 0 Å². The van der Waals surface area contributed by atoms with E-state index in [4.69, 9.17) is 5.73 Å². The Bertz CT molecular complexity index is 1740. The van der Waals surface area contributed by atoms with Crippen LogP contribution in [-0.2, 0) is 12.8 Å². The molecule has 0 saturated heterocycles. The molecule has 4 aromatic heterocycles. The molecular formula is C27H22N8O2. The SMILES string of the molecule is Nc1ccccc1-c1cn2ccc(CCCc3ccc(-c4cn5cccnc5n4)c([N+](=O)[O-])c3)nc2n1. The van der Waals surface area contributed by atoms with Crippen LogP contribution in [0.5, 0.6) is 0 Å². The van der Waals surface area contributed by atoms with Crippen LogP contribution in [0.3, 0.4) is 0 Å². The van der Waals surface area contributed by atoms with Crippen LogP contribution >= 0.6 is 0 Å². The molecule has 0 fully saturated rings. The van der Waals surface area contributed by atoms with Gasteiger partial charge in [-0.1, -0.05) is 24.3 Å². The number of hydrogen-bond donors (Lipinski definition) is 1. The number of fused-ring (bicyclic) bond motifs is 2. The van der Waals surface area contributed by atoms with Gasteiger partial charge in [-0.3, -0.25) is 18.9 Å². The van der Waals surface area contributed by atoms with Gasteiger partial charge in [0.25, 0.3) is 5.69 Å². The van der Waals surface area contributed by atoms with Gasteiger partial charge in [0.05, 0.1) is 21.9 Å². The maximum atomic E-state index is 11.8. The molecule has 0 amide bonds. The van der Waals surface area contributed by atoms with Crippen molar-refractivity contribution in [2.45, 2.75) is 19.3 Å². The number of nitrogens with two attached hydrogens (primary N) is 1. The monoisotopic (exact) mass is 490 g/mol. The van der Waals surface area contributed by atoms with Gasteiger partial charge >= 0.3 is 0 Å². The highest BCUT2D eigenvalue weighted by Crippen LogP contribution is 2.31. The summed E-state index contributed by atoms with van der Waals surface area (Å²) < 4.78 is 3.62. The van der Waals surface area contributed by atoms with Crippen molar-refractivity contribution >= 4 is 22.9 Å². The molecule has 6 rings (SSSR count). The molecule has 10 heteroatoms. The minimum atomic E-state index is -0.360. The Labute approximate surface area is 211 Å². The average Bonchev–Trinajstić information content (AvgIpc) is 3.53. The van der Waals surface area contributed by atoms with E-state index in [0.717, 1.165) is 35.4 Å². The Morgan fingerprint density at radius 2 is 1.62 bits per heavy atom. The summed E-state index contributed by atoms with van der Waals surface area (Å²) in [6.45, 7) is 0. The highest BCUT2D eigenvalue weighted by atomic mass is 16.6. The van der Waals surface area contributed by atoms with E-state index in [-0.39, 0.29) is 10.6 Å². The number of imidazole rings is 2. The molecule has 4 heterocycles. The topological polar surface area (TPSA) is 130 Å². The average molecular weight is 491 g/mol. The van der Waals surface area contributed by atoms with Crippen LogP contribution in [0.25, 0.3) is 34.1 Å². The van der Waals surface area contributed by atoms with Crippen molar-refractivity contribution in [3.05, 3.63) is 107 Å². The predicted octanol–water partition coefficient (Wildman–Crippen LogP) is 4.77. The molecule has 0 aliphatic heterocycles. The third-order valence-corrected chi connectivity index (χ3v) is 6.29. The highest BCUT2D eigenvalue weighted by molar-refractivity contribution is 5.74. The van der Waals surface area contributed by atoms with Crippen molar-refractivity contribution < 1.29 is 4.92 Å². The number of nitrogens with zero attached hydrogens (tertiary/aromatic N) is 7. The standard InChI is InChI=1S/C27H22N8O2/c28-22-8-2-1-7-20(22)23-16-34-14-11-19(30-27(34)32-23)6-3-5-18-9-10-21(25(15-18)35(36)37)24-17-33-13-4-12-29-26(33)31-24/h1-2,4,7-17H,3,5-6,28H2. The predicted molar refractivity (Wildman–Crippen MR) is 140 cm³/mol. The van der Waals surface area contributed by atoms with Crippen LogP contribution in [0.1, 0.15) is 17.7 Å². The van der Waals surface area contributed by atoms with Gasteiger partial charge in [0.1, 0.15) is 0 Å². The lowest BCUT2D eigenvalue weighted by Gasteiger charge is -2.05. The molecule has 2 N–H and O–H groups in total. The number of benzene rings is 2. The first kappa shape index (κ1) is 22.4. The molecule has 0 aliphatic rings. The number of aryl methyl sites for hydroxylation is 2. The Kier molecular flexibility index (Phi) is 5.53. The van der Waals surface area contributed by atoms with Gasteiger partial charge in [0, 0.05) is 54.0 Å². The number of nitro benzene ring substituents is 1. The molecule has 0 radical (unpaired) electrons. The largest absolute Gasteiger partial charge is 0.398 e. The van der Waals surface area contributed by atoms with E-state index < -0.39 is 0 Å². The van der Waals surface area contributed by atoms with Crippen LogP contribution in [0.4, 0.5) is 11.4 Å². The van der Waals surface area contributed by atoms with E-state index in [1.807, 2.05) is 59.4 Å². The van der Waals surface area contributed by atoms with Crippen LogP contribution in [0.2, 0.25) is 0 Å². The summed E-state index contributed by atoms with van der Waals surface area (Å²) in [5, 5.41) is 11.8. The maximum Gasteiger partial charge on any atom is 0.279 e. The third-order valence-electron chi connectivity index (χ3n) is 6.29. The van der Waals surface area contributed by atoms with Crippen LogP contribution in [0.15, 0.2) is 85.6 Å². The molecule has 37 heavy (non-hydrogen) atoms. The van der Waals surface area contributed by atoms with Gasteiger partial charge in [-0.25, -0.2) is 19.9 Å². The Balaban J connectivity index is 1.18. The summed E-state index contributed by atoms with van der Waals surface area (Å²) in [4.78, 5) is 29.4. The second kappa shape index (κ2) is 9.15. The van der Waals surface area contributed by atoms with Gasteiger partial charge in [-0.15, -0.1) is 0 Å². The van der Waals surface area contributed by atoms with E-state index >= 15 is 0 Å². The summed E-state index contributed by atoms with van der Waals surface area (Å²) in [6, 6.07) is 16.7. The van der Waals surface area contributed by atoms with E-state index in [1.54, 1.807) is 35.0 Å². The normalized spacial score (nSPS) is 11.4. The quantitative estimate of drug-likeness (QED) is 0.194. The number of hydrogen-bond acceptors (Lipinski definition) is 7. The van der Waals surface area contributed by atoms with Gasteiger partial charge in [-0.2, -0.15) is 0 Å². The number of para-hydroxylation sites is 1. The molecule has 0 atom stereocenters. The van der Waals surface area contributed by atoms with E-state index in [9.17, 15) is 10.1 Å². The van der Waals surface area contributed by atoms with Gasteiger partial charge in [0.2, 0.25) is 11.6 Å². The van der Waals surface area contributed by atoms with Crippen molar-refractivity contribution in [1.82, 2.24) is 28.7 Å². The minimum Gasteiger partial charge on any atom is -0.398 e. The lowest BCUT2D eigenvalue weighted by atomic mass is 10.0. The molecule has 0 saturated carbocycles. The van der Waals surface area contributed by atoms with E-state index in [2.05, 4.69) is 19.9 Å². The van der Waals surface area contributed by atoms with E-state index in [0.29, 0.717) is 34.9 Å². The Morgan fingerprint density at radius 1 is 0.838 bits per heavy atom. The molecule has 0 spiro atoms. The summed E-state index contributed by atoms with van der Waals surface area (Å²) in [5.41, 5.74) is 11.2. The first-order chi connectivity index (χ1) is 18.0. The number of anilines is 1. The van der Waals surface area contributed by atoms with Gasteiger partial charge in [-0.05, 0) is 49.1 Å². The summed E-state index contributed by atoms with van der Waals surface area (Å²) in [5.74, 6) is 1.11. The highest BCUT2D eigenvalue weighted by Gasteiger charge is 2.19. The second-order valence-corrected chi connectivity index (χ2v) is 8.75. The second-order valence-electron chi connectivity index (χ2n) is 8.75. The van der Waals surface area contributed by atoms with Gasteiger partial charge in [0.15, 0.2) is 0 Å². The Morgan fingerprint density at radius 3 is 2.43 bits per heavy atom. The molecule has 0 bridgehead atoms. The molecule has 10 nitrogen and oxygen atoms in total. The zero-order chi connectivity index (χ0) is 25.4. The fourth-order valence-corrected chi connectivity index (χ4v) is 4.44. The van der Waals surface area contributed by atoms with E-state index in [1.165, 1.54) is 0 Å². The van der Waals surface area contributed by atoms with Crippen molar-refractivity contribution in [2.75, 3.05) is 5.73 Å². The number of nitro groups is 1. The zero-order valence-electron chi connectivity index (χ0n) is 19.7. The smallest absolute Gasteiger partial charge is 0.279 e. The Hall–Kier alpha value is -5.12. The zero-order valence-corrected chi connectivity index (χ0v) is 19.7. The number of aromatic nitrogens is 6. The molecule has 2 aromatic carbocycles. The molecule has 0 unspecified atom stereocenters. The lowest BCUT2D eigenvalue weighted by molar-refractivity contribution is -0.384. The van der Waals surface area contributed by atoms with Crippen LogP contribution in [0, 0.1) is 10.1 Å². The molecule has 6 aromatic rings. The maximum absolute atomic E-state index is 11.8.